The Balaban J connectivity index is 2.95. The zero-order valence-corrected chi connectivity index (χ0v) is 12.3. The van der Waals surface area contributed by atoms with Gasteiger partial charge in [0, 0.05) is 20.1 Å². The van der Waals surface area contributed by atoms with Crippen molar-refractivity contribution < 1.29 is 8.42 Å². The predicted octanol–water partition coefficient (Wildman–Crippen LogP) is 1.10. The summed E-state index contributed by atoms with van der Waals surface area (Å²) in [5, 5.41) is 0.352. The summed E-state index contributed by atoms with van der Waals surface area (Å²) in [6.45, 7) is 1.07. The Labute approximate surface area is 113 Å². The zero-order chi connectivity index (χ0) is 13.9. The van der Waals surface area contributed by atoms with Gasteiger partial charge in [0.25, 0.3) is 0 Å². The van der Waals surface area contributed by atoms with Gasteiger partial charge in [0.1, 0.15) is 0 Å². The largest absolute Gasteiger partial charge is 0.397 e. The molecule has 0 bridgehead atoms. The number of nitrogen functional groups attached to an aromatic ring is 1. The molecule has 0 saturated heterocycles. The monoisotopic (exact) mass is 291 g/mol. The normalized spacial score (nSPS) is 12.3. The van der Waals surface area contributed by atoms with Crippen LogP contribution in [0.4, 0.5) is 5.69 Å². The van der Waals surface area contributed by atoms with Gasteiger partial charge in [-0.05, 0) is 32.3 Å². The molecule has 1 aromatic carbocycles. The fourth-order valence-electron chi connectivity index (χ4n) is 1.32. The van der Waals surface area contributed by atoms with Gasteiger partial charge in [-0.25, -0.2) is 8.42 Å². The molecule has 0 aliphatic heterocycles. The summed E-state index contributed by atoms with van der Waals surface area (Å²) in [4.78, 5) is 2.08. The maximum Gasteiger partial charge on any atom is 0.242 e. The van der Waals surface area contributed by atoms with Crippen molar-refractivity contribution in [1.82, 2.24) is 9.21 Å². The van der Waals surface area contributed by atoms with Crippen LogP contribution < -0.4 is 5.73 Å². The maximum absolute atomic E-state index is 12.2. The smallest absolute Gasteiger partial charge is 0.242 e. The molecule has 2 N–H and O–H groups in total. The fourth-order valence-corrected chi connectivity index (χ4v) is 2.64. The summed E-state index contributed by atoms with van der Waals surface area (Å²) < 4.78 is 25.7. The minimum Gasteiger partial charge on any atom is -0.397 e. The molecule has 0 heterocycles. The molecule has 1 aromatic rings. The molecular weight excluding hydrogens is 274 g/mol. The number of benzene rings is 1. The lowest BCUT2D eigenvalue weighted by Crippen LogP contribution is -2.33. The lowest BCUT2D eigenvalue weighted by Gasteiger charge is -2.19. The molecule has 7 heteroatoms. The van der Waals surface area contributed by atoms with Gasteiger partial charge < -0.3 is 10.6 Å². The number of halogens is 1. The lowest BCUT2D eigenvalue weighted by atomic mass is 10.3. The predicted molar refractivity (Wildman–Crippen MR) is 74.2 cm³/mol. The van der Waals surface area contributed by atoms with Crippen LogP contribution in [0.15, 0.2) is 23.1 Å². The maximum atomic E-state index is 12.2. The SMILES string of the molecule is CN(C)CCN(C)S(=O)(=O)c1ccc(Cl)c(N)c1. The van der Waals surface area contributed by atoms with Gasteiger partial charge in [-0.1, -0.05) is 11.6 Å². The third-order valence-corrected chi connectivity index (χ3v) is 4.73. The number of sulfonamides is 1. The summed E-state index contributed by atoms with van der Waals surface area (Å²) in [5.41, 5.74) is 5.88. The van der Waals surface area contributed by atoms with E-state index in [9.17, 15) is 8.42 Å². The van der Waals surface area contributed by atoms with E-state index in [4.69, 9.17) is 17.3 Å². The molecule has 0 saturated carbocycles. The summed E-state index contributed by atoms with van der Waals surface area (Å²) in [6.07, 6.45) is 0. The first kappa shape index (κ1) is 15.2. The molecule has 18 heavy (non-hydrogen) atoms. The second-order valence-corrected chi connectivity index (χ2v) is 6.77. The Bertz CT molecular complexity index is 517. The highest BCUT2D eigenvalue weighted by Crippen LogP contribution is 2.23. The molecule has 0 atom stereocenters. The number of nitrogens with two attached hydrogens (primary N) is 1. The third-order valence-electron chi connectivity index (χ3n) is 2.54. The summed E-state index contributed by atoms with van der Waals surface area (Å²) in [6, 6.07) is 4.33. The Morgan fingerprint density at radius 1 is 1.22 bits per heavy atom. The molecule has 0 aliphatic rings. The van der Waals surface area contributed by atoms with Crippen molar-refractivity contribution in [1.29, 1.82) is 0 Å². The fraction of sp³-hybridized carbons (Fsp3) is 0.455. The average molecular weight is 292 g/mol. The molecule has 102 valence electrons. The van der Waals surface area contributed by atoms with Gasteiger partial charge in [-0.2, -0.15) is 4.31 Å². The molecule has 0 amide bonds. The quantitative estimate of drug-likeness (QED) is 0.825. The lowest BCUT2D eigenvalue weighted by molar-refractivity contribution is 0.358. The first-order valence-corrected chi connectivity index (χ1v) is 7.23. The zero-order valence-electron chi connectivity index (χ0n) is 10.7. The number of likely N-dealkylation sites (N-methyl/N-ethyl adjacent to an activating group) is 2. The van der Waals surface area contributed by atoms with E-state index in [1.54, 1.807) is 7.05 Å². The molecule has 5 nitrogen and oxygen atoms in total. The van der Waals surface area contributed by atoms with E-state index >= 15 is 0 Å². The highest BCUT2D eigenvalue weighted by molar-refractivity contribution is 7.89. The van der Waals surface area contributed by atoms with Crippen LogP contribution in [0.25, 0.3) is 0 Å². The first-order valence-electron chi connectivity index (χ1n) is 5.41. The second-order valence-electron chi connectivity index (χ2n) is 4.31. The first-order chi connectivity index (χ1) is 8.25. The van der Waals surface area contributed by atoms with Crippen LogP contribution in [-0.2, 0) is 10.0 Å². The van der Waals surface area contributed by atoms with Crippen molar-refractivity contribution in [3.05, 3.63) is 23.2 Å². The van der Waals surface area contributed by atoms with Crippen LogP contribution in [0.1, 0.15) is 0 Å². The molecule has 1 rings (SSSR count). The van der Waals surface area contributed by atoms with Gasteiger partial charge in [0.05, 0.1) is 15.6 Å². The number of rotatable bonds is 5. The van der Waals surface area contributed by atoms with Crippen molar-refractivity contribution in [3.63, 3.8) is 0 Å². The Morgan fingerprint density at radius 3 is 2.33 bits per heavy atom. The van der Waals surface area contributed by atoms with Crippen molar-refractivity contribution in [2.45, 2.75) is 4.90 Å². The molecule has 0 radical (unpaired) electrons. The van der Waals surface area contributed by atoms with E-state index in [2.05, 4.69) is 0 Å². The van der Waals surface area contributed by atoms with E-state index in [1.165, 1.54) is 22.5 Å². The minimum absolute atomic E-state index is 0.158. The molecule has 0 fully saturated rings. The van der Waals surface area contributed by atoms with Crippen LogP contribution >= 0.6 is 11.6 Å². The summed E-state index contributed by atoms with van der Waals surface area (Å²) in [5.74, 6) is 0. The molecule has 0 spiro atoms. The summed E-state index contributed by atoms with van der Waals surface area (Å²) in [7, 11) is 1.82. The van der Waals surface area contributed by atoms with Gasteiger partial charge >= 0.3 is 0 Å². The highest BCUT2D eigenvalue weighted by atomic mass is 35.5. The van der Waals surface area contributed by atoms with E-state index in [0.717, 1.165) is 0 Å². The second kappa shape index (κ2) is 5.88. The molecule has 0 unspecified atom stereocenters. The van der Waals surface area contributed by atoms with Crippen molar-refractivity contribution >= 4 is 27.3 Å². The Hall–Kier alpha value is -0.820. The van der Waals surface area contributed by atoms with Crippen LogP contribution in [0.2, 0.25) is 5.02 Å². The highest BCUT2D eigenvalue weighted by Gasteiger charge is 2.21. The number of anilines is 1. The van der Waals surface area contributed by atoms with E-state index in [-0.39, 0.29) is 10.6 Å². The number of hydrogen-bond donors (Lipinski definition) is 1. The number of nitrogens with zero attached hydrogens (tertiary/aromatic N) is 2. The molecule has 0 aliphatic carbocycles. The van der Waals surface area contributed by atoms with Crippen LogP contribution in [0.3, 0.4) is 0 Å². The number of hydrogen-bond acceptors (Lipinski definition) is 4. The summed E-state index contributed by atoms with van der Waals surface area (Å²) >= 11 is 5.77. The van der Waals surface area contributed by atoms with Gasteiger partial charge in [-0.15, -0.1) is 0 Å². The van der Waals surface area contributed by atoms with Gasteiger partial charge in [0.15, 0.2) is 0 Å². The molecular formula is C11H18ClN3O2S. The standard InChI is InChI=1S/C11H18ClN3O2S/c1-14(2)6-7-15(3)18(16,17)9-4-5-10(12)11(13)8-9/h4-5,8H,6-7,13H2,1-3H3. The topological polar surface area (TPSA) is 66.6 Å². The third kappa shape index (κ3) is 3.58. The van der Waals surface area contributed by atoms with Gasteiger partial charge in [0.2, 0.25) is 10.0 Å². The van der Waals surface area contributed by atoms with Crippen LogP contribution in [0.5, 0.6) is 0 Å². The van der Waals surface area contributed by atoms with Crippen molar-refractivity contribution in [3.8, 4) is 0 Å². The van der Waals surface area contributed by atoms with E-state index in [0.29, 0.717) is 18.1 Å². The van der Waals surface area contributed by atoms with E-state index < -0.39 is 10.0 Å². The van der Waals surface area contributed by atoms with E-state index in [1.807, 2.05) is 19.0 Å². The Morgan fingerprint density at radius 2 is 1.83 bits per heavy atom. The molecule has 0 aromatic heterocycles. The minimum atomic E-state index is -3.51. The Kier molecular flexibility index (Phi) is 4.98. The average Bonchev–Trinajstić information content (AvgIpc) is 2.29. The van der Waals surface area contributed by atoms with Gasteiger partial charge in [-0.3, -0.25) is 0 Å². The van der Waals surface area contributed by atoms with Crippen LogP contribution in [0, 0.1) is 0 Å². The van der Waals surface area contributed by atoms with Crippen molar-refractivity contribution in [2.24, 2.45) is 0 Å². The van der Waals surface area contributed by atoms with Crippen LogP contribution in [-0.4, -0.2) is 51.9 Å². The van der Waals surface area contributed by atoms with Crippen molar-refractivity contribution in [2.75, 3.05) is 40.0 Å².